The quantitative estimate of drug-likeness (QED) is 0.940. The van der Waals surface area contributed by atoms with Gasteiger partial charge in [0.05, 0.1) is 17.9 Å². The van der Waals surface area contributed by atoms with Gasteiger partial charge in [0.2, 0.25) is 5.91 Å². The summed E-state index contributed by atoms with van der Waals surface area (Å²) < 4.78 is 0. The molecule has 1 fully saturated rings. The lowest BCUT2D eigenvalue weighted by atomic mass is 10.1. The topological polar surface area (TPSA) is 71.0 Å². The third-order valence-corrected chi connectivity index (χ3v) is 3.96. The predicted molar refractivity (Wildman–Crippen MR) is 88.1 cm³/mol. The van der Waals surface area contributed by atoms with E-state index >= 15 is 0 Å². The molecular weight excluding hydrogens is 290 g/mol. The first kappa shape index (κ1) is 15.4. The number of pyridine rings is 1. The average Bonchev–Trinajstić information content (AvgIpc) is 3.05. The minimum absolute atomic E-state index is 0.0106. The monoisotopic (exact) mass is 311 g/mol. The maximum atomic E-state index is 12.4. The van der Waals surface area contributed by atoms with Crippen LogP contribution in [0.5, 0.6) is 0 Å². The second kappa shape index (κ2) is 6.73. The van der Waals surface area contributed by atoms with Gasteiger partial charge in [0.25, 0.3) is 0 Å². The van der Waals surface area contributed by atoms with Gasteiger partial charge in [0.15, 0.2) is 0 Å². The number of carbonyl (C=O) groups excluding carboxylic acids is 1. The van der Waals surface area contributed by atoms with E-state index < -0.39 is 0 Å². The molecule has 1 amide bonds. The smallest absolute Gasteiger partial charge is 0.225 e. The number of hydrogen-bond acceptors (Lipinski definition) is 5. The Hall–Kier alpha value is -2.50. The van der Waals surface area contributed by atoms with Crippen LogP contribution >= 0.6 is 0 Å². The highest BCUT2D eigenvalue weighted by Gasteiger charge is 2.31. The lowest BCUT2D eigenvalue weighted by Crippen LogP contribution is -2.34. The molecule has 0 aliphatic carbocycles. The second-order valence-corrected chi connectivity index (χ2v) is 6.01. The molecule has 2 aromatic heterocycles. The minimum Gasteiger partial charge on any atom is -0.334 e. The SMILES string of the molecule is CC(C)C(=O)N1CCCC1c1cccc(Nc2cnccn2)n1. The normalized spacial score (nSPS) is 17.5. The highest BCUT2D eigenvalue weighted by Crippen LogP contribution is 2.32. The van der Waals surface area contributed by atoms with Crippen LogP contribution in [0.4, 0.5) is 11.6 Å². The molecule has 120 valence electrons. The van der Waals surface area contributed by atoms with Crippen molar-refractivity contribution in [3.8, 4) is 0 Å². The van der Waals surface area contributed by atoms with Crippen LogP contribution in [-0.2, 0) is 4.79 Å². The Bertz CT molecular complexity index is 674. The van der Waals surface area contributed by atoms with E-state index in [1.807, 2.05) is 36.9 Å². The van der Waals surface area contributed by atoms with Crippen molar-refractivity contribution in [2.45, 2.75) is 32.7 Å². The van der Waals surface area contributed by atoms with E-state index in [2.05, 4.69) is 20.3 Å². The number of aromatic nitrogens is 3. The Morgan fingerprint density at radius 2 is 2.17 bits per heavy atom. The molecule has 23 heavy (non-hydrogen) atoms. The van der Waals surface area contributed by atoms with Crippen molar-refractivity contribution in [1.82, 2.24) is 19.9 Å². The van der Waals surface area contributed by atoms with Gasteiger partial charge in [0, 0.05) is 24.9 Å². The summed E-state index contributed by atoms with van der Waals surface area (Å²) in [4.78, 5) is 27.2. The molecule has 0 radical (unpaired) electrons. The fourth-order valence-electron chi connectivity index (χ4n) is 2.87. The van der Waals surface area contributed by atoms with Gasteiger partial charge < -0.3 is 10.2 Å². The third kappa shape index (κ3) is 3.47. The summed E-state index contributed by atoms with van der Waals surface area (Å²) in [5.74, 6) is 1.57. The summed E-state index contributed by atoms with van der Waals surface area (Å²) in [7, 11) is 0. The van der Waals surface area contributed by atoms with Crippen molar-refractivity contribution in [3.05, 3.63) is 42.5 Å². The van der Waals surface area contributed by atoms with Gasteiger partial charge in [0.1, 0.15) is 11.6 Å². The summed E-state index contributed by atoms with van der Waals surface area (Å²) in [5, 5.41) is 3.15. The van der Waals surface area contributed by atoms with Crippen molar-refractivity contribution in [1.29, 1.82) is 0 Å². The summed E-state index contributed by atoms with van der Waals surface area (Å²) >= 11 is 0. The van der Waals surface area contributed by atoms with Crippen LogP contribution in [0.3, 0.4) is 0 Å². The van der Waals surface area contributed by atoms with Crippen LogP contribution in [0.2, 0.25) is 0 Å². The van der Waals surface area contributed by atoms with Gasteiger partial charge in [-0.1, -0.05) is 19.9 Å². The van der Waals surface area contributed by atoms with Crippen LogP contribution in [0.25, 0.3) is 0 Å². The number of nitrogens with one attached hydrogen (secondary N) is 1. The Balaban J connectivity index is 1.80. The molecule has 1 aliphatic rings. The molecule has 1 N–H and O–H groups in total. The lowest BCUT2D eigenvalue weighted by Gasteiger charge is -2.26. The Kier molecular flexibility index (Phi) is 4.50. The van der Waals surface area contributed by atoms with Crippen molar-refractivity contribution in [2.75, 3.05) is 11.9 Å². The molecule has 3 heterocycles. The van der Waals surface area contributed by atoms with Gasteiger partial charge in [-0.05, 0) is 25.0 Å². The van der Waals surface area contributed by atoms with Gasteiger partial charge in [-0.15, -0.1) is 0 Å². The van der Waals surface area contributed by atoms with Crippen LogP contribution < -0.4 is 5.32 Å². The molecule has 0 saturated carbocycles. The maximum Gasteiger partial charge on any atom is 0.225 e. The maximum absolute atomic E-state index is 12.4. The van der Waals surface area contributed by atoms with Crippen LogP contribution in [-0.4, -0.2) is 32.3 Å². The van der Waals surface area contributed by atoms with E-state index in [4.69, 9.17) is 0 Å². The van der Waals surface area contributed by atoms with Crippen molar-refractivity contribution in [2.24, 2.45) is 5.92 Å². The zero-order valence-corrected chi connectivity index (χ0v) is 13.4. The second-order valence-electron chi connectivity index (χ2n) is 6.01. The van der Waals surface area contributed by atoms with Crippen LogP contribution in [0, 0.1) is 5.92 Å². The average molecular weight is 311 g/mol. The standard InChI is InChI=1S/C17H21N5O/c1-12(2)17(23)22-10-4-6-14(22)13-5-3-7-15(20-13)21-16-11-18-8-9-19-16/h3,5,7-9,11-12,14H,4,6,10H2,1-2H3,(H,19,20,21). The van der Waals surface area contributed by atoms with E-state index in [0.29, 0.717) is 11.6 Å². The first-order valence-electron chi connectivity index (χ1n) is 7.95. The summed E-state index contributed by atoms with van der Waals surface area (Å²) in [6.45, 7) is 4.69. The minimum atomic E-state index is 0.0106. The highest BCUT2D eigenvalue weighted by molar-refractivity contribution is 5.78. The molecule has 2 aromatic rings. The Morgan fingerprint density at radius 1 is 1.30 bits per heavy atom. The molecule has 0 bridgehead atoms. The van der Waals surface area contributed by atoms with E-state index in [1.165, 1.54) is 0 Å². The summed E-state index contributed by atoms with van der Waals surface area (Å²) in [5.41, 5.74) is 0.922. The van der Waals surface area contributed by atoms with E-state index in [9.17, 15) is 4.79 Å². The fourth-order valence-corrected chi connectivity index (χ4v) is 2.87. The molecule has 6 heteroatoms. The van der Waals surface area contributed by atoms with Crippen LogP contribution in [0.15, 0.2) is 36.8 Å². The molecule has 1 atom stereocenters. The summed E-state index contributed by atoms with van der Waals surface area (Å²) in [6, 6.07) is 5.89. The van der Waals surface area contributed by atoms with E-state index in [1.54, 1.807) is 18.6 Å². The van der Waals surface area contributed by atoms with Gasteiger partial charge in [-0.3, -0.25) is 9.78 Å². The van der Waals surface area contributed by atoms with Gasteiger partial charge >= 0.3 is 0 Å². The molecule has 0 aromatic carbocycles. The fraction of sp³-hybridized carbons (Fsp3) is 0.412. The number of hydrogen-bond donors (Lipinski definition) is 1. The van der Waals surface area contributed by atoms with Crippen molar-refractivity contribution < 1.29 is 4.79 Å². The summed E-state index contributed by atoms with van der Waals surface area (Å²) in [6.07, 6.45) is 6.89. The highest BCUT2D eigenvalue weighted by atomic mass is 16.2. The van der Waals surface area contributed by atoms with Crippen molar-refractivity contribution >= 4 is 17.5 Å². The molecule has 3 rings (SSSR count). The van der Waals surface area contributed by atoms with Crippen LogP contribution in [0.1, 0.15) is 38.4 Å². The first-order chi connectivity index (χ1) is 11.1. The molecule has 1 unspecified atom stereocenters. The third-order valence-electron chi connectivity index (χ3n) is 3.96. The number of carbonyl (C=O) groups is 1. The molecule has 1 aliphatic heterocycles. The molecule has 6 nitrogen and oxygen atoms in total. The number of nitrogens with zero attached hydrogens (tertiary/aromatic N) is 4. The number of amides is 1. The van der Waals surface area contributed by atoms with Gasteiger partial charge in [-0.2, -0.15) is 0 Å². The Labute approximate surface area is 136 Å². The zero-order chi connectivity index (χ0) is 16.2. The number of rotatable bonds is 4. The zero-order valence-electron chi connectivity index (χ0n) is 13.4. The lowest BCUT2D eigenvalue weighted by molar-refractivity contribution is -0.135. The van der Waals surface area contributed by atoms with Gasteiger partial charge in [-0.25, -0.2) is 9.97 Å². The molecule has 0 spiro atoms. The van der Waals surface area contributed by atoms with E-state index in [-0.39, 0.29) is 17.9 Å². The largest absolute Gasteiger partial charge is 0.334 e. The molecular formula is C17H21N5O. The Morgan fingerprint density at radius 3 is 2.91 bits per heavy atom. The van der Waals surface area contributed by atoms with Crippen molar-refractivity contribution in [3.63, 3.8) is 0 Å². The predicted octanol–water partition coefficient (Wildman–Crippen LogP) is 2.93. The molecule has 1 saturated heterocycles. The first-order valence-corrected chi connectivity index (χ1v) is 7.95. The number of likely N-dealkylation sites (tertiary alicyclic amines) is 1. The number of anilines is 2. The van der Waals surface area contributed by atoms with E-state index in [0.717, 1.165) is 25.1 Å².